The largest absolute Gasteiger partial charge is 0.445 e. The molecule has 180 valence electrons. The van der Waals surface area contributed by atoms with Crippen LogP contribution in [0.25, 0.3) is 0 Å². The lowest BCUT2D eigenvalue weighted by Crippen LogP contribution is -2.56. The third-order valence-corrected chi connectivity index (χ3v) is 6.22. The van der Waals surface area contributed by atoms with Gasteiger partial charge >= 0.3 is 6.09 Å². The highest BCUT2D eigenvalue weighted by atomic mass is 35.6. The monoisotopic (exact) mass is 535 g/mol. The minimum Gasteiger partial charge on any atom is -0.445 e. The molecule has 0 bridgehead atoms. The smallest absolute Gasteiger partial charge is 0.407 e. The quantitative estimate of drug-likeness (QED) is 0.339. The summed E-state index contributed by atoms with van der Waals surface area (Å²) in [6.07, 6.45) is -3.29. The average Bonchev–Trinajstić information content (AvgIpc) is 2.79. The fourth-order valence-electron chi connectivity index (χ4n) is 3.17. The lowest BCUT2D eigenvalue weighted by atomic mass is 10.0. The van der Waals surface area contributed by atoms with Gasteiger partial charge in [0.15, 0.2) is 6.29 Å². The van der Waals surface area contributed by atoms with E-state index in [-0.39, 0.29) is 13.0 Å². The summed E-state index contributed by atoms with van der Waals surface area (Å²) >= 11 is 18.2. The van der Waals surface area contributed by atoms with Crippen LogP contribution in [0.15, 0.2) is 65.6 Å². The molecular formula is C22H24Cl3NO6S. The first kappa shape index (κ1) is 26.4. The summed E-state index contributed by atoms with van der Waals surface area (Å²) in [5, 5.41) is 23.6. The van der Waals surface area contributed by atoms with Gasteiger partial charge in [0.1, 0.15) is 12.0 Å². The topological polar surface area (TPSA) is 97.3 Å². The minimum atomic E-state index is -1.75. The fraction of sp³-hybridized carbons (Fsp3) is 0.409. The Hall–Kier alpha value is -1.23. The van der Waals surface area contributed by atoms with Crippen LogP contribution in [0.1, 0.15) is 18.3 Å². The van der Waals surface area contributed by atoms with E-state index in [2.05, 4.69) is 5.32 Å². The summed E-state index contributed by atoms with van der Waals surface area (Å²) in [6, 6.07) is 17.5. The number of carbonyl (C=O) groups is 1. The summed E-state index contributed by atoms with van der Waals surface area (Å²) in [7, 11) is 0. The Morgan fingerprint density at radius 1 is 1.15 bits per heavy atom. The van der Waals surface area contributed by atoms with Crippen LogP contribution in [0.4, 0.5) is 4.79 Å². The lowest BCUT2D eigenvalue weighted by Gasteiger charge is -2.39. The Bertz CT molecular complexity index is 873. The molecule has 0 aliphatic carbocycles. The van der Waals surface area contributed by atoms with E-state index in [0.29, 0.717) is 5.56 Å². The average molecular weight is 537 g/mol. The molecule has 7 nitrogen and oxygen atoms in total. The van der Waals surface area contributed by atoms with E-state index >= 15 is 0 Å². The number of amides is 1. The van der Waals surface area contributed by atoms with Gasteiger partial charge in [0.05, 0.1) is 24.9 Å². The molecular weight excluding hydrogens is 513 g/mol. The summed E-state index contributed by atoms with van der Waals surface area (Å²) < 4.78 is 14.9. The van der Waals surface area contributed by atoms with Crippen LogP contribution in [0.3, 0.4) is 0 Å². The maximum atomic E-state index is 12.2. The molecule has 0 saturated carbocycles. The van der Waals surface area contributed by atoms with Gasteiger partial charge in [0.25, 0.3) is 0 Å². The molecule has 33 heavy (non-hydrogen) atoms. The number of hydrogen-bond acceptors (Lipinski definition) is 7. The molecule has 3 rings (SSSR count). The number of alkyl carbamates (subject to hydrolysis) is 1. The SMILES string of the molecule is O=C(NC1C(O)CC(COC(O)c2ccccc2)O[C@H]1Sc1ccccc1)OCC(Cl)(Cl)Cl. The van der Waals surface area contributed by atoms with Crippen molar-refractivity contribution in [3.63, 3.8) is 0 Å². The second-order valence-corrected chi connectivity index (χ2v) is 11.0. The van der Waals surface area contributed by atoms with Gasteiger partial charge in [0.2, 0.25) is 3.79 Å². The Morgan fingerprint density at radius 2 is 1.79 bits per heavy atom. The normalized spacial score (nSPS) is 24.2. The number of aliphatic hydroxyl groups excluding tert-OH is 2. The molecule has 0 radical (unpaired) electrons. The Labute approximate surface area is 211 Å². The number of nitrogens with one attached hydrogen (secondary N) is 1. The van der Waals surface area contributed by atoms with E-state index < -0.39 is 46.5 Å². The molecule has 11 heteroatoms. The van der Waals surface area contributed by atoms with Crippen LogP contribution in [-0.2, 0) is 14.2 Å². The van der Waals surface area contributed by atoms with Gasteiger partial charge in [-0.3, -0.25) is 0 Å². The molecule has 4 unspecified atom stereocenters. The lowest BCUT2D eigenvalue weighted by molar-refractivity contribution is -0.160. The van der Waals surface area contributed by atoms with Gasteiger partial charge in [-0.2, -0.15) is 0 Å². The molecule has 0 spiro atoms. The number of halogens is 3. The fourth-order valence-corrected chi connectivity index (χ4v) is 4.53. The zero-order chi connectivity index (χ0) is 23.8. The number of carbonyl (C=O) groups excluding carboxylic acids is 1. The van der Waals surface area contributed by atoms with Crippen LogP contribution < -0.4 is 5.32 Å². The van der Waals surface area contributed by atoms with E-state index in [1.165, 1.54) is 11.8 Å². The number of alkyl halides is 3. The summed E-state index contributed by atoms with van der Waals surface area (Å²) in [6.45, 7) is -0.402. The molecule has 1 fully saturated rings. The number of thioether (sulfide) groups is 1. The molecule has 1 aliphatic heterocycles. The highest BCUT2D eigenvalue weighted by Crippen LogP contribution is 2.34. The Morgan fingerprint density at radius 3 is 2.42 bits per heavy atom. The van der Waals surface area contributed by atoms with Gasteiger partial charge < -0.3 is 29.7 Å². The molecule has 1 saturated heterocycles. The zero-order valence-corrected chi connectivity index (χ0v) is 20.4. The Balaban J connectivity index is 1.64. The van der Waals surface area contributed by atoms with Gasteiger partial charge in [-0.15, -0.1) is 0 Å². The summed E-state index contributed by atoms with van der Waals surface area (Å²) in [5.74, 6) is 0. The van der Waals surface area contributed by atoms with Crippen molar-refractivity contribution in [1.82, 2.24) is 5.32 Å². The van der Waals surface area contributed by atoms with Crippen molar-refractivity contribution in [2.24, 2.45) is 0 Å². The molecule has 3 N–H and O–H groups in total. The van der Waals surface area contributed by atoms with Crippen molar-refractivity contribution in [3.05, 3.63) is 66.2 Å². The van der Waals surface area contributed by atoms with Gasteiger partial charge in [-0.05, 0) is 12.1 Å². The maximum absolute atomic E-state index is 12.2. The number of rotatable bonds is 8. The van der Waals surface area contributed by atoms with Crippen LogP contribution in [-0.4, -0.2) is 57.0 Å². The van der Waals surface area contributed by atoms with Crippen molar-refractivity contribution in [1.29, 1.82) is 0 Å². The van der Waals surface area contributed by atoms with Crippen LogP contribution in [0.2, 0.25) is 0 Å². The second-order valence-electron chi connectivity index (χ2n) is 7.32. The summed E-state index contributed by atoms with van der Waals surface area (Å²) in [4.78, 5) is 13.1. The van der Waals surface area contributed by atoms with Crippen molar-refractivity contribution in [2.45, 2.75) is 45.1 Å². The molecule has 5 atom stereocenters. The third kappa shape index (κ3) is 8.81. The molecule has 1 amide bonds. The standard InChI is InChI=1S/C22H24Cl3NO6S/c23-22(24,25)13-31-21(29)26-18-17(27)11-15(12-30-19(28)14-7-3-1-4-8-14)32-20(18)33-16-9-5-2-6-10-16/h1-10,15,17-20,27-28H,11-13H2,(H,26,29)/t15?,17?,18?,19?,20-/m0/s1. The van der Waals surface area contributed by atoms with Crippen molar-refractivity contribution >= 4 is 52.7 Å². The zero-order valence-electron chi connectivity index (χ0n) is 17.4. The van der Waals surface area contributed by atoms with Crippen molar-refractivity contribution in [3.8, 4) is 0 Å². The van der Waals surface area contributed by atoms with E-state index in [0.717, 1.165) is 4.90 Å². The molecule has 1 aliphatic rings. The first-order chi connectivity index (χ1) is 15.7. The number of benzene rings is 2. The predicted molar refractivity (Wildman–Crippen MR) is 127 cm³/mol. The molecule has 1 heterocycles. The van der Waals surface area contributed by atoms with Crippen LogP contribution in [0, 0.1) is 0 Å². The number of hydrogen-bond donors (Lipinski definition) is 3. The van der Waals surface area contributed by atoms with E-state index in [4.69, 9.17) is 49.0 Å². The van der Waals surface area contributed by atoms with Crippen molar-refractivity contribution in [2.75, 3.05) is 13.2 Å². The van der Waals surface area contributed by atoms with Gasteiger partial charge in [0, 0.05) is 16.9 Å². The first-order valence-electron chi connectivity index (χ1n) is 10.1. The highest BCUT2D eigenvalue weighted by Gasteiger charge is 2.40. The van der Waals surface area contributed by atoms with E-state index in [9.17, 15) is 15.0 Å². The van der Waals surface area contributed by atoms with Gasteiger partial charge in [-0.1, -0.05) is 95.1 Å². The van der Waals surface area contributed by atoms with Crippen molar-refractivity contribution < 1.29 is 29.2 Å². The van der Waals surface area contributed by atoms with Crippen LogP contribution >= 0.6 is 46.6 Å². The minimum absolute atomic E-state index is 0.0450. The number of aliphatic hydroxyl groups is 2. The number of ether oxygens (including phenoxy) is 3. The maximum Gasteiger partial charge on any atom is 0.407 e. The molecule has 2 aromatic rings. The van der Waals surface area contributed by atoms with Gasteiger partial charge in [-0.25, -0.2) is 4.79 Å². The Kier molecular flexibility index (Phi) is 9.96. The summed E-state index contributed by atoms with van der Waals surface area (Å²) in [5.41, 5.74) is -0.0563. The molecule has 2 aromatic carbocycles. The third-order valence-electron chi connectivity index (χ3n) is 4.71. The molecule has 0 aromatic heterocycles. The first-order valence-corrected chi connectivity index (χ1v) is 12.1. The van der Waals surface area contributed by atoms with E-state index in [1.807, 2.05) is 36.4 Å². The predicted octanol–water partition coefficient (Wildman–Crippen LogP) is 4.43. The second kappa shape index (κ2) is 12.5. The van der Waals surface area contributed by atoms with Crippen LogP contribution in [0.5, 0.6) is 0 Å². The highest BCUT2D eigenvalue weighted by molar-refractivity contribution is 7.99. The van der Waals surface area contributed by atoms with E-state index in [1.54, 1.807) is 24.3 Å².